The summed E-state index contributed by atoms with van der Waals surface area (Å²) in [4.78, 5) is 5.72. The Morgan fingerprint density at radius 3 is 2.51 bits per heavy atom. The SMILES string of the molecule is O=S(=O)(c1ccc(CNC(O)c2cc3cc(O)ccc3[nH]2)cc1)c1cccc(N2CCOCC2)c1. The first-order chi connectivity index (χ1) is 16.9. The Balaban J connectivity index is 1.26. The van der Waals surface area contributed by atoms with Crippen LogP contribution in [0.3, 0.4) is 0 Å². The van der Waals surface area contributed by atoms with Crippen molar-refractivity contribution in [3.63, 3.8) is 0 Å². The van der Waals surface area contributed by atoms with Crippen molar-refractivity contribution >= 4 is 26.4 Å². The van der Waals surface area contributed by atoms with Gasteiger partial charge < -0.3 is 24.8 Å². The summed E-state index contributed by atoms with van der Waals surface area (Å²) in [6, 6.07) is 20.4. The first-order valence-corrected chi connectivity index (χ1v) is 12.9. The van der Waals surface area contributed by atoms with E-state index in [2.05, 4.69) is 15.2 Å². The normalized spacial score (nSPS) is 15.4. The number of fused-ring (bicyclic) bond motifs is 1. The van der Waals surface area contributed by atoms with Gasteiger partial charge in [0.1, 0.15) is 12.0 Å². The van der Waals surface area contributed by atoms with Gasteiger partial charge in [0.05, 0.1) is 28.7 Å². The van der Waals surface area contributed by atoms with Gasteiger partial charge >= 0.3 is 0 Å². The number of H-pyrrole nitrogens is 1. The van der Waals surface area contributed by atoms with E-state index in [9.17, 15) is 18.6 Å². The van der Waals surface area contributed by atoms with Gasteiger partial charge in [-0.1, -0.05) is 18.2 Å². The molecule has 4 N–H and O–H groups in total. The van der Waals surface area contributed by atoms with Gasteiger partial charge in [0.2, 0.25) is 9.84 Å². The van der Waals surface area contributed by atoms with Crippen LogP contribution in [0.25, 0.3) is 10.9 Å². The largest absolute Gasteiger partial charge is 0.508 e. The molecule has 0 spiro atoms. The molecular weight excluding hydrogens is 466 g/mol. The molecule has 0 amide bonds. The van der Waals surface area contributed by atoms with Crippen LogP contribution in [0.5, 0.6) is 5.75 Å². The lowest BCUT2D eigenvalue weighted by atomic mass is 10.2. The molecule has 0 aliphatic carbocycles. The number of aliphatic hydroxyl groups excluding tert-OH is 1. The fourth-order valence-corrected chi connectivity index (χ4v) is 5.51. The van der Waals surface area contributed by atoms with Crippen LogP contribution in [0.4, 0.5) is 5.69 Å². The van der Waals surface area contributed by atoms with Gasteiger partial charge in [-0.15, -0.1) is 0 Å². The number of aliphatic hydroxyl groups is 1. The lowest BCUT2D eigenvalue weighted by Crippen LogP contribution is -2.36. The molecule has 1 fully saturated rings. The van der Waals surface area contributed by atoms with Gasteiger partial charge in [-0.2, -0.15) is 0 Å². The molecule has 0 saturated carbocycles. The summed E-state index contributed by atoms with van der Waals surface area (Å²) in [5, 5.41) is 23.9. The van der Waals surface area contributed by atoms with E-state index in [0.717, 1.165) is 35.2 Å². The van der Waals surface area contributed by atoms with Crippen molar-refractivity contribution < 1.29 is 23.4 Å². The standard InChI is InChI=1S/C26H27N3O5S/c30-21-6-9-24-19(14-21)15-25(28-24)26(31)27-17-18-4-7-22(8-5-18)35(32,33)23-3-1-2-20(16-23)29-10-12-34-13-11-29/h1-9,14-16,26-28,30-31H,10-13,17H2. The quantitative estimate of drug-likeness (QED) is 0.292. The number of phenols is 1. The zero-order valence-corrected chi connectivity index (χ0v) is 19.8. The van der Waals surface area contributed by atoms with Crippen LogP contribution < -0.4 is 10.2 Å². The highest BCUT2D eigenvalue weighted by atomic mass is 32.2. The van der Waals surface area contributed by atoms with Gasteiger partial charge in [-0.3, -0.25) is 5.32 Å². The van der Waals surface area contributed by atoms with Gasteiger partial charge in [0, 0.05) is 36.2 Å². The van der Waals surface area contributed by atoms with Gasteiger partial charge in [-0.25, -0.2) is 8.42 Å². The fourth-order valence-electron chi connectivity index (χ4n) is 4.21. The predicted molar refractivity (Wildman–Crippen MR) is 133 cm³/mol. The smallest absolute Gasteiger partial charge is 0.206 e. The molecule has 1 unspecified atom stereocenters. The summed E-state index contributed by atoms with van der Waals surface area (Å²) >= 11 is 0. The highest BCUT2D eigenvalue weighted by molar-refractivity contribution is 7.91. The van der Waals surface area contributed by atoms with Crippen molar-refractivity contribution in [1.29, 1.82) is 0 Å². The van der Waals surface area contributed by atoms with E-state index in [4.69, 9.17) is 4.74 Å². The molecule has 5 rings (SSSR count). The summed E-state index contributed by atoms with van der Waals surface area (Å²) in [7, 11) is -3.66. The van der Waals surface area contributed by atoms with Crippen molar-refractivity contribution in [2.75, 3.05) is 31.2 Å². The predicted octanol–water partition coefficient (Wildman–Crippen LogP) is 3.32. The second-order valence-corrected chi connectivity index (χ2v) is 10.5. The number of aromatic amines is 1. The maximum atomic E-state index is 13.2. The molecule has 1 aromatic heterocycles. The Hall–Kier alpha value is -3.37. The van der Waals surface area contributed by atoms with E-state index < -0.39 is 16.1 Å². The van der Waals surface area contributed by atoms with E-state index in [-0.39, 0.29) is 15.5 Å². The molecule has 1 aliphatic rings. The number of phenolic OH excluding ortho intramolecular Hbond substituents is 1. The number of aromatic nitrogens is 1. The second kappa shape index (κ2) is 9.71. The molecule has 8 nitrogen and oxygen atoms in total. The Bertz CT molecular complexity index is 1430. The minimum Gasteiger partial charge on any atom is -0.508 e. The number of anilines is 1. The van der Waals surface area contributed by atoms with Crippen LogP contribution in [0.1, 0.15) is 17.5 Å². The number of hydrogen-bond acceptors (Lipinski definition) is 7. The Kier molecular flexibility index (Phi) is 6.48. The minimum absolute atomic E-state index is 0.161. The number of aromatic hydroxyl groups is 1. The van der Waals surface area contributed by atoms with E-state index in [1.807, 2.05) is 6.07 Å². The molecule has 1 atom stereocenters. The van der Waals surface area contributed by atoms with Gasteiger partial charge in [0.25, 0.3) is 0 Å². The highest BCUT2D eigenvalue weighted by Gasteiger charge is 2.20. The second-order valence-electron chi connectivity index (χ2n) is 8.52. The molecule has 1 saturated heterocycles. The zero-order valence-electron chi connectivity index (χ0n) is 19.0. The van der Waals surface area contributed by atoms with Crippen molar-refractivity contribution in [2.45, 2.75) is 22.6 Å². The number of ether oxygens (including phenoxy) is 1. The zero-order chi connectivity index (χ0) is 24.4. The molecule has 0 bridgehead atoms. The van der Waals surface area contributed by atoms with E-state index >= 15 is 0 Å². The summed E-state index contributed by atoms with van der Waals surface area (Å²) in [6.07, 6.45) is -0.948. The number of rotatable bonds is 7. The van der Waals surface area contributed by atoms with Crippen molar-refractivity contribution in [3.8, 4) is 5.75 Å². The van der Waals surface area contributed by atoms with E-state index in [1.54, 1.807) is 66.7 Å². The van der Waals surface area contributed by atoms with Crippen LogP contribution in [-0.2, 0) is 21.1 Å². The first-order valence-electron chi connectivity index (χ1n) is 11.4. The molecule has 2 heterocycles. The number of nitrogens with zero attached hydrogens (tertiary/aromatic N) is 1. The molecular formula is C26H27N3O5S. The van der Waals surface area contributed by atoms with Gasteiger partial charge in [0.15, 0.2) is 0 Å². The Morgan fingerprint density at radius 2 is 1.74 bits per heavy atom. The average molecular weight is 494 g/mol. The summed E-state index contributed by atoms with van der Waals surface area (Å²) in [6.45, 7) is 3.07. The van der Waals surface area contributed by atoms with Crippen LogP contribution in [0.2, 0.25) is 0 Å². The molecule has 1 aliphatic heterocycles. The van der Waals surface area contributed by atoms with Crippen molar-refractivity contribution in [1.82, 2.24) is 10.3 Å². The third-order valence-corrected chi connectivity index (χ3v) is 7.92. The number of morpholine rings is 1. The lowest BCUT2D eigenvalue weighted by molar-refractivity contribution is 0.122. The van der Waals surface area contributed by atoms with Gasteiger partial charge in [-0.05, 0) is 60.2 Å². The fraction of sp³-hybridized carbons (Fsp3) is 0.231. The number of benzene rings is 3. The molecule has 9 heteroatoms. The van der Waals surface area contributed by atoms with E-state index in [1.165, 1.54) is 0 Å². The van der Waals surface area contributed by atoms with Crippen LogP contribution in [-0.4, -0.2) is 49.9 Å². The van der Waals surface area contributed by atoms with Crippen molar-refractivity contribution in [3.05, 3.63) is 84.1 Å². The maximum Gasteiger partial charge on any atom is 0.206 e. The topological polar surface area (TPSA) is 115 Å². The molecule has 0 radical (unpaired) electrons. The van der Waals surface area contributed by atoms with E-state index in [0.29, 0.717) is 25.5 Å². The molecule has 182 valence electrons. The van der Waals surface area contributed by atoms with Crippen molar-refractivity contribution in [2.24, 2.45) is 0 Å². The lowest BCUT2D eigenvalue weighted by Gasteiger charge is -2.29. The summed E-state index contributed by atoms with van der Waals surface area (Å²) < 4.78 is 31.8. The van der Waals surface area contributed by atoms with Crippen LogP contribution in [0.15, 0.2) is 82.6 Å². The first kappa shape index (κ1) is 23.4. The maximum absolute atomic E-state index is 13.2. The van der Waals surface area contributed by atoms with Crippen LogP contribution in [0, 0.1) is 0 Å². The summed E-state index contributed by atoms with van der Waals surface area (Å²) in [5.74, 6) is 0.161. The monoisotopic (exact) mass is 493 g/mol. The third kappa shape index (κ3) is 5.03. The molecule has 35 heavy (non-hydrogen) atoms. The third-order valence-electron chi connectivity index (χ3n) is 6.16. The Labute approximate surface area is 203 Å². The number of hydrogen-bond donors (Lipinski definition) is 4. The number of sulfone groups is 1. The Morgan fingerprint density at radius 1 is 0.971 bits per heavy atom. The van der Waals surface area contributed by atoms with Crippen LogP contribution >= 0.6 is 0 Å². The number of nitrogens with one attached hydrogen (secondary N) is 2. The average Bonchev–Trinajstić information content (AvgIpc) is 3.31. The minimum atomic E-state index is -3.66. The summed E-state index contributed by atoms with van der Waals surface area (Å²) in [5.41, 5.74) is 3.09. The molecule has 3 aromatic carbocycles. The highest BCUT2D eigenvalue weighted by Crippen LogP contribution is 2.26. The molecule has 4 aromatic rings.